The van der Waals surface area contributed by atoms with Gasteiger partial charge in [-0.2, -0.15) is 0 Å². The minimum atomic E-state index is -0.225. The smallest absolute Gasteiger partial charge is 0.305 e. The van der Waals surface area contributed by atoms with Crippen LogP contribution in [-0.4, -0.2) is 37.4 Å². The third kappa shape index (κ3) is 23.8. The fourth-order valence-electron chi connectivity index (χ4n) is 2.94. The number of hydrogen-bond donors (Lipinski definition) is 0. The summed E-state index contributed by atoms with van der Waals surface area (Å²) in [5.41, 5.74) is 0. The van der Waals surface area contributed by atoms with Crippen molar-refractivity contribution >= 4 is 21.9 Å². The van der Waals surface area contributed by atoms with E-state index in [4.69, 9.17) is 14.2 Å². The second-order valence-electron chi connectivity index (χ2n) is 7.89. The molecule has 0 aliphatic rings. The van der Waals surface area contributed by atoms with E-state index in [9.17, 15) is 4.79 Å². The normalized spacial score (nSPS) is 11.9. The zero-order valence-electron chi connectivity index (χ0n) is 20.1. The van der Waals surface area contributed by atoms with Crippen molar-refractivity contribution in [2.45, 2.75) is 110 Å². The molecule has 4 nitrogen and oxygen atoms in total. The van der Waals surface area contributed by atoms with Gasteiger partial charge in [0.2, 0.25) is 0 Å². The van der Waals surface area contributed by atoms with Crippen molar-refractivity contribution in [1.82, 2.24) is 0 Å². The van der Waals surface area contributed by atoms with Gasteiger partial charge in [-0.1, -0.05) is 92.6 Å². The van der Waals surface area contributed by atoms with E-state index in [-0.39, 0.29) is 12.3 Å². The summed E-state index contributed by atoms with van der Waals surface area (Å²) in [6.07, 6.45) is 22.8. The highest BCUT2D eigenvalue weighted by Crippen LogP contribution is 2.11. The lowest BCUT2D eigenvalue weighted by molar-refractivity contribution is -0.144. The predicted molar refractivity (Wildman–Crippen MR) is 135 cm³/mol. The molecule has 0 fully saturated rings. The van der Waals surface area contributed by atoms with Crippen LogP contribution in [0.3, 0.4) is 0 Å². The van der Waals surface area contributed by atoms with Crippen molar-refractivity contribution in [3.63, 3.8) is 0 Å². The summed E-state index contributed by atoms with van der Waals surface area (Å²) in [6.45, 7) is 6.09. The highest BCUT2D eigenvalue weighted by Gasteiger charge is 2.09. The van der Waals surface area contributed by atoms with E-state index in [1.54, 1.807) is 0 Å². The zero-order valence-corrected chi connectivity index (χ0v) is 21.7. The lowest BCUT2D eigenvalue weighted by Crippen LogP contribution is -2.18. The molecule has 0 heterocycles. The van der Waals surface area contributed by atoms with E-state index in [1.807, 2.05) is 0 Å². The summed E-state index contributed by atoms with van der Waals surface area (Å²) < 4.78 is 17.1. The van der Waals surface area contributed by atoms with Gasteiger partial charge in [0.1, 0.15) is 0 Å². The molecule has 5 heteroatoms. The minimum Gasteiger partial charge on any atom is -0.466 e. The number of hydrogen-bond acceptors (Lipinski definition) is 4. The lowest BCUT2D eigenvalue weighted by Gasteiger charge is -2.17. The molecule has 0 atom stereocenters. The van der Waals surface area contributed by atoms with E-state index in [0.29, 0.717) is 26.2 Å². The third-order valence-corrected chi connectivity index (χ3v) is 5.46. The van der Waals surface area contributed by atoms with Crippen LogP contribution in [0.25, 0.3) is 0 Å². The Hall–Kier alpha value is -0.650. The summed E-state index contributed by atoms with van der Waals surface area (Å²) in [7, 11) is 0. The number of alkyl halides is 1. The van der Waals surface area contributed by atoms with Gasteiger partial charge in [-0.05, 0) is 44.9 Å². The molecular weight excluding hydrogens is 456 g/mol. The second kappa shape index (κ2) is 25.6. The van der Waals surface area contributed by atoms with Crippen molar-refractivity contribution in [3.8, 4) is 0 Å². The van der Waals surface area contributed by atoms with E-state index >= 15 is 0 Å². The quantitative estimate of drug-likeness (QED) is 0.0467. The molecule has 0 N–H and O–H groups in total. The molecule has 0 radical (unpaired) electrons. The zero-order chi connectivity index (χ0) is 22.8. The van der Waals surface area contributed by atoms with Crippen LogP contribution < -0.4 is 0 Å². The monoisotopic (exact) mass is 502 g/mol. The van der Waals surface area contributed by atoms with Crippen LogP contribution in [0.4, 0.5) is 0 Å². The fraction of sp³-hybridized carbons (Fsp3) is 0.808. The van der Waals surface area contributed by atoms with Gasteiger partial charge in [-0.15, -0.1) is 0 Å². The Labute approximate surface area is 200 Å². The second-order valence-corrected chi connectivity index (χ2v) is 8.69. The van der Waals surface area contributed by atoms with Crippen molar-refractivity contribution in [1.29, 1.82) is 0 Å². The maximum atomic E-state index is 11.9. The third-order valence-electron chi connectivity index (χ3n) is 4.90. The summed E-state index contributed by atoms with van der Waals surface area (Å²) in [6, 6.07) is 0. The van der Waals surface area contributed by atoms with Gasteiger partial charge in [0, 0.05) is 11.8 Å². The molecule has 0 aliphatic carbocycles. The molecule has 0 unspecified atom stereocenters. The van der Waals surface area contributed by atoms with Crippen LogP contribution in [0.1, 0.15) is 104 Å². The Morgan fingerprint density at radius 1 is 0.774 bits per heavy atom. The van der Waals surface area contributed by atoms with Gasteiger partial charge >= 0.3 is 5.97 Å². The number of esters is 1. The Morgan fingerprint density at radius 2 is 1.39 bits per heavy atom. The largest absolute Gasteiger partial charge is 0.466 e. The maximum absolute atomic E-state index is 11.9. The van der Waals surface area contributed by atoms with Gasteiger partial charge in [-0.3, -0.25) is 4.79 Å². The maximum Gasteiger partial charge on any atom is 0.305 e. The van der Waals surface area contributed by atoms with Crippen LogP contribution in [0.15, 0.2) is 24.3 Å². The number of halogens is 1. The molecular formula is C26H47BrO4. The topological polar surface area (TPSA) is 44.8 Å². The molecule has 0 rings (SSSR count). The van der Waals surface area contributed by atoms with Gasteiger partial charge in [0.05, 0.1) is 19.8 Å². The number of allylic oxidation sites excluding steroid dienone is 2. The molecule has 0 saturated carbocycles. The Balaban J connectivity index is 4.02. The summed E-state index contributed by atoms with van der Waals surface area (Å²) in [4.78, 5) is 11.9. The van der Waals surface area contributed by atoms with E-state index < -0.39 is 0 Å². The first-order valence-corrected chi connectivity index (χ1v) is 13.6. The molecule has 0 saturated heterocycles. The summed E-state index contributed by atoms with van der Waals surface area (Å²) >= 11 is 3.43. The first kappa shape index (κ1) is 30.4. The van der Waals surface area contributed by atoms with Crippen LogP contribution in [0, 0.1) is 0 Å². The van der Waals surface area contributed by atoms with Gasteiger partial charge in [0.25, 0.3) is 0 Å². The van der Waals surface area contributed by atoms with Crippen LogP contribution in [0.5, 0.6) is 0 Å². The molecule has 0 aromatic heterocycles. The average molecular weight is 504 g/mol. The number of ether oxygens (including phenoxy) is 3. The Bertz CT molecular complexity index is 415. The van der Waals surface area contributed by atoms with Crippen LogP contribution in [-0.2, 0) is 19.0 Å². The van der Waals surface area contributed by atoms with Gasteiger partial charge in [-0.25, -0.2) is 0 Å². The minimum absolute atomic E-state index is 0.0865. The highest BCUT2D eigenvalue weighted by atomic mass is 79.9. The van der Waals surface area contributed by atoms with E-state index in [1.165, 1.54) is 38.5 Å². The van der Waals surface area contributed by atoms with E-state index in [2.05, 4.69) is 54.1 Å². The van der Waals surface area contributed by atoms with Crippen molar-refractivity contribution in [2.75, 3.05) is 25.2 Å². The number of unbranched alkanes of at least 4 members (excludes halogenated alkanes) is 8. The lowest BCUT2D eigenvalue weighted by atomic mass is 10.2. The average Bonchev–Trinajstić information content (AvgIpc) is 2.77. The Morgan fingerprint density at radius 3 is 1.97 bits per heavy atom. The van der Waals surface area contributed by atoms with Crippen molar-refractivity contribution in [2.24, 2.45) is 0 Å². The van der Waals surface area contributed by atoms with Gasteiger partial charge in [0.15, 0.2) is 6.29 Å². The molecule has 0 bridgehead atoms. The number of carbonyl (C=O) groups excluding carboxylic acids is 1. The van der Waals surface area contributed by atoms with Crippen molar-refractivity contribution < 1.29 is 19.0 Å². The molecule has 0 spiro atoms. The molecule has 0 aromatic rings. The SMILES string of the molecule is CCCC/C=C/COC(CCCCC(=O)OCCCCCCBr)OC/C=C/CCCC. The fourth-order valence-corrected chi connectivity index (χ4v) is 3.34. The Kier molecular flexibility index (Phi) is 25.1. The number of rotatable bonds is 23. The van der Waals surface area contributed by atoms with E-state index in [0.717, 1.165) is 50.3 Å². The van der Waals surface area contributed by atoms with Crippen LogP contribution in [0.2, 0.25) is 0 Å². The first-order valence-electron chi connectivity index (χ1n) is 12.5. The molecule has 182 valence electrons. The van der Waals surface area contributed by atoms with Crippen molar-refractivity contribution in [3.05, 3.63) is 24.3 Å². The first-order chi connectivity index (χ1) is 15.2. The summed E-state index contributed by atoms with van der Waals surface area (Å²) in [5.74, 6) is -0.0865. The molecule has 0 amide bonds. The summed E-state index contributed by atoms with van der Waals surface area (Å²) in [5, 5.41) is 1.05. The van der Waals surface area contributed by atoms with Gasteiger partial charge < -0.3 is 14.2 Å². The molecule has 31 heavy (non-hydrogen) atoms. The standard InChI is InChI=1S/C26H47BrO4/c1-3-5-7-10-17-23-30-26(31-24-18-11-8-6-4-2)20-14-13-19-25(28)29-22-16-12-9-15-21-27/h10-11,17-18,26H,3-9,12-16,19-24H2,1-2H3/b17-10+,18-11+. The molecule has 0 aromatic carbocycles. The highest BCUT2D eigenvalue weighted by molar-refractivity contribution is 9.09. The molecule has 0 aliphatic heterocycles. The predicted octanol–water partition coefficient (Wildman–Crippen LogP) is 7.90. The number of carbonyl (C=O) groups is 1. The van der Waals surface area contributed by atoms with Crippen LogP contribution >= 0.6 is 15.9 Å².